The van der Waals surface area contributed by atoms with E-state index in [1.165, 1.54) is 6.20 Å². The van der Waals surface area contributed by atoms with E-state index in [9.17, 15) is 18.0 Å². The third-order valence-corrected chi connectivity index (χ3v) is 6.27. The van der Waals surface area contributed by atoms with Gasteiger partial charge in [-0.15, -0.1) is 10.2 Å². The lowest BCUT2D eigenvalue weighted by Gasteiger charge is -2.58. The highest BCUT2D eigenvalue weighted by Crippen LogP contribution is 2.50. The van der Waals surface area contributed by atoms with Gasteiger partial charge in [-0.1, -0.05) is 0 Å². The summed E-state index contributed by atoms with van der Waals surface area (Å²) < 4.78 is 44.1. The fraction of sp³-hybridized carbons (Fsp3) is 0.579. The van der Waals surface area contributed by atoms with Crippen LogP contribution < -0.4 is 4.74 Å². The van der Waals surface area contributed by atoms with Crippen LogP contribution in [0.2, 0.25) is 0 Å². The summed E-state index contributed by atoms with van der Waals surface area (Å²) >= 11 is 0. The second-order valence-electron chi connectivity index (χ2n) is 8.50. The number of carbonyl (C=O) groups is 1. The Hall–Kier alpha value is -2.85. The standard InChI is InChI=1S/C19H21F3N6O2/c20-19(21,22)13-3-14(7-23-6-13)30-15-4-18(5-15)9-28(10-18)17(29)27-2-1-12(8-27)16-24-11-25-26-16/h3,6-7,11-12,15H,1-2,4-5,8-10H2,(H,24,25,26). The third-order valence-electron chi connectivity index (χ3n) is 6.27. The number of carbonyl (C=O) groups excluding carboxylic acids is 1. The molecule has 30 heavy (non-hydrogen) atoms. The SMILES string of the molecule is O=C(N1CCC(c2nnc[nH]2)C1)N1CC2(CC(Oc3cncc(C(F)(F)F)c3)C2)C1. The molecule has 2 aromatic rings. The molecule has 1 saturated carbocycles. The smallest absolute Gasteiger partial charge is 0.418 e. The van der Waals surface area contributed by atoms with E-state index < -0.39 is 11.7 Å². The van der Waals surface area contributed by atoms with Crippen molar-refractivity contribution in [1.82, 2.24) is 30.0 Å². The molecule has 0 radical (unpaired) electrons. The van der Waals surface area contributed by atoms with Crippen LogP contribution in [0.3, 0.4) is 0 Å². The predicted molar refractivity (Wildman–Crippen MR) is 97.6 cm³/mol. The van der Waals surface area contributed by atoms with Crippen LogP contribution in [0.1, 0.15) is 36.6 Å². The Balaban J connectivity index is 1.10. The molecule has 1 aliphatic carbocycles. The van der Waals surface area contributed by atoms with Crippen molar-refractivity contribution in [3.8, 4) is 5.75 Å². The molecule has 1 spiro atoms. The second kappa shape index (κ2) is 6.85. The van der Waals surface area contributed by atoms with Gasteiger partial charge in [0.05, 0.1) is 11.8 Å². The van der Waals surface area contributed by atoms with Crippen LogP contribution in [0.4, 0.5) is 18.0 Å². The van der Waals surface area contributed by atoms with E-state index in [0.29, 0.717) is 26.2 Å². The topological polar surface area (TPSA) is 87.2 Å². The van der Waals surface area contributed by atoms with Crippen molar-refractivity contribution in [2.24, 2.45) is 5.41 Å². The van der Waals surface area contributed by atoms with Gasteiger partial charge in [0, 0.05) is 43.7 Å². The largest absolute Gasteiger partial charge is 0.489 e. The summed E-state index contributed by atoms with van der Waals surface area (Å²) in [6.45, 7) is 2.65. The van der Waals surface area contributed by atoms with E-state index in [0.717, 1.165) is 37.4 Å². The lowest BCUT2D eigenvalue weighted by molar-refractivity contribution is -0.138. The summed E-state index contributed by atoms with van der Waals surface area (Å²) in [6, 6.07) is 1.02. The summed E-state index contributed by atoms with van der Waals surface area (Å²) in [4.78, 5) is 23.1. The summed E-state index contributed by atoms with van der Waals surface area (Å²) in [6.07, 6.45) is 1.37. The maximum absolute atomic E-state index is 12.8. The predicted octanol–water partition coefficient (Wildman–Crippen LogP) is 2.67. The lowest BCUT2D eigenvalue weighted by atomic mass is 9.62. The molecule has 1 N–H and O–H groups in total. The fourth-order valence-corrected chi connectivity index (χ4v) is 4.75. The maximum Gasteiger partial charge on any atom is 0.418 e. The number of nitrogens with one attached hydrogen (secondary N) is 1. The van der Waals surface area contributed by atoms with Crippen LogP contribution in [0, 0.1) is 5.41 Å². The molecule has 5 rings (SSSR count). The van der Waals surface area contributed by atoms with Gasteiger partial charge in [0.25, 0.3) is 0 Å². The summed E-state index contributed by atoms with van der Waals surface area (Å²) in [5, 5.41) is 7.84. The van der Waals surface area contributed by atoms with Crippen molar-refractivity contribution >= 4 is 6.03 Å². The first-order valence-corrected chi connectivity index (χ1v) is 9.90. The van der Waals surface area contributed by atoms with E-state index in [4.69, 9.17) is 4.74 Å². The fourth-order valence-electron chi connectivity index (χ4n) is 4.75. The van der Waals surface area contributed by atoms with Gasteiger partial charge < -0.3 is 19.5 Å². The molecule has 0 bridgehead atoms. The van der Waals surface area contributed by atoms with Gasteiger partial charge in [-0.2, -0.15) is 13.2 Å². The molecule has 1 unspecified atom stereocenters. The summed E-state index contributed by atoms with van der Waals surface area (Å²) in [7, 11) is 0. The van der Waals surface area contributed by atoms with Crippen molar-refractivity contribution in [2.45, 2.75) is 37.5 Å². The first-order valence-electron chi connectivity index (χ1n) is 9.90. The number of hydrogen-bond donors (Lipinski definition) is 1. The Morgan fingerprint density at radius 2 is 2.03 bits per heavy atom. The number of pyridine rings is 1. The van der Waals surface area contributed by atoms with Gasteiger partial charge in [0.15, 0.2) is 0 Å². The van der Waals surface area contributed by atoms with Crippen LogP contribution in [-0.2, 0) is 6.18 Å². The number of rotatable bonds is 3. The molecular weight excluding hydrogens is 401 g/mol. The molecule has 2 aromatic heterocycles. The van der Waals surface area contributed by atoms with Crippen LogP contribution >= 0.6 is 0 Å². The minimum atomic E-state index is -4.44. The number of halogens is 3. The zero-order valence-electron chi connectivity index (χ0n) is 16.1. The number of alkyl halides is 3. The molecule has 3 fully saturated rings. The summed E-state index contributed by atoms with van der Waals surface area (Å²) in [5.41, 5.74) is -0.789. The quantitative estimate of drug-likeness (QED) is 0.822. The van der Waals surface area contributed by atoms with Gasteiger partial charge in [-0.25, -0.2) is 4.79 Å². The molecule has 2 saturated heterocycles. The number of nitrogens with zero attached hydrogens (tertiary/aromatic N) is 5. The van der Waals surface area contributed by atoms with E-state index in [-0.39, 0.29) is 29.2 Å². The average molecular weight is 422 g/mol. The number of urea groups is 1. The zero-order chi connectivity index (χ0) is 20.9. The lowest BCUT2D eigenvalue weighted by Crippen LogP contribution is -2.67. The number of hydrogen-bond acceptors (Lipinski definition) is 5. The first kappa shape index (κ1) is 19.1. The highest BCUT2D eigenvalue weighted by atomic mass is 19.4. The highest BCUT2D eigenvalue weighted by molar-refractivity contribution is 5.76. The molecule has 1 atom stereocenters. The van der Waals surface area contributed by atoms with Gasteiger partial charge in [-0.05, 0) is 25.3 Å². The van der Waals surface area contributed by atoms with E-state index >= 15 is 0 Å². The third kappa shape index (κ3) is 3.46. The molecule has 0 aromatic carbocycles. The van der Waals surface area contributed by atoms with E-state index in [2.05, 4.69) is 20.2 Å². The Morgan fingerprint density at radius 3 is 2.73 bits per heavy atom. The zero-order valence-corrected chi connectivity index (χ0v) is 16.1. The molecule has 3 aliphatic rings. The molecular formula is C19H21F3N6O2. The normalized spacial score (nSPS) is 23.4. The molecule has 8 nitrogen and oxygen atoms in total. The van der Waals surface area contributed by atoms with Gasteiger partial charge >= 0.3 is 12.2 Å². The first-order chi connectivity index (χ1) is 14.3. The number of ether oxygens (including phenoxy) is 1. The Kier molecular flexibility index (Phi) is 4.37. The molecule has 11 heteroatoms. The molecule has 160 valence electrons. The van der Waals surface area contributed by atoms with Crippen molar-refractivity contribution in [1.29, 1.82) is 0 Å². The van der Waals surface area contributed by atoms with Crippen LogP contribution in [0.15, 0.2) is 24.8 Å². The van der Waals surface area contributed by atoms with E-state index in [1.54, 1.807) is 6.33 Å². The van der Waals surface area contributed by atoms with Gasteiger partial charge in [-0.3, -0.25) is 4.98 Å². The Morgan fingerprint density at radius 1 is 1.23 bits per heavy atom. The number of aromatic nitrogens is 4. The van der Waals surface area contributed by atoms with E-state index in [1.807, 2.05) is 9.80 Å². The summed E-state index contributed by atoms with van der Waals surface area (Å²) in [5.74, 6) is 1.13. The highest BCUT2D eigenvalue weighted by Gasteiger charge is 2.55. The number of likely N-dealkylation sites (tertiary alicyclic amines) is 2. The Bertz CT molecular complexity index is 921. The minimum absolute atomic E-state index is 0.0272. The van der Waals surface area contributed by atoms with Crippen LogP contribution in [-0.4, -0.2) is 68.3 Å². The molecule has 4 heterocycles. The number of amides is 2. The van der Waals surface area contributed by atoms with Crippen molar-refractivity contribution in [3.05, 3.63) is 36.2 Å². The number of aromatic amines is 1. The van der Waals surface area contributed by atoms with Crippen molar-refractivity contribution < 1.29 is 22.7 Å². The average Bonchev–Trinajstić information content (AvgIpc) is 3.32. The van der Waals surface area contributed by atoms with Gasteiger partial charge in [0.1, 0.15) is 24.0 Å². The van der Waals surface area contributed by atoms with Crippen LogP contribution in [0.25, 0.3) is 0 Å². The van der Waals surface area contributed by atoms with Crippen molar-refractivity contribution in [3.63, 3.8) is 0 Å². The maximum atomic E-state index is 12.8. The van der Waals surface area contributed by atoms with Gasteiger partial charge in [0.2, 0.25) is 0 Å². The minimum Gasteiger partial charge on any atom is -0.489 e. The number of H-pyrrole nitrogens is 1. The second-order valence-corrected chi connectivity index (χ2v) is 8.50. The molecule has 2 amide bonds. The Labute approximate surface area is 170 Å². The van der Waals surface area contributed by atoms with Crippen LogP contribution in [0.5, 0.6) is 5.75 Å². The monoisotopic (exact) mass is 422 g/mol. The van der Waals surface area contributed by atoms with Crippen molar-refractivity contribution in [2.75, 3.05) is 26.2 Å². The molecule has 2 aliphatic heterocycles.